The van der Waals surface area contributed by atoms with E-state index in [1.165, 1.54) is 11.1 Å². The normalized spacial score (nSPS) is 8.44. The van der Waals surface area contributed by atoms with Crippen LogP contribution in [0.25, 0.3) is 11.1 Å². The Bertz CT molecular complexity index is 331. The van der Waals surface area contributed by atoms with Gasteiger partial charge in [-0.3, -0.25) is 0 Å². The summed E-state index contributed by atoms with van der Waals surface area (Å²) in [5.41, 5.74) is 12.2. The van der Waals surface area contributed by atoms with E-state index in [-0.39, 0.29) is 0 Å². The third-order valence-corrected chi connectivity index (χ3v) is 1.88. The number of rotatable bonds is 1. The summed E-state index contributed by atoms with van der Waals surface area (Å²) in [6, 6.07) is 20.8. The second kappa shape index (κ2) is 11.8. The third-order valence-electron chi connectivity index (χ3n) is 1.88. The largest absolute Gasteiger partial charge is 0.331 e. The number of benzene rings is 2. The summed E-state index contributed by atoms with van der Waals surface area (Å²) in [5.74, 6) is 0. The molecule has 0 aliphatic heterocycles. The minimum absolute atomic E-state index is 0.750. The molecular formula is C16H24N2. The van der Waals surface area contributed by atoms with Gasteiger partial charge in [-0.25, -0.2) is 0 Å². The Labute approximate surface area is 111 Å². The van der Waals surface area contributed by atoms with Crippen LogP contribution in [0.1, 0.15) is 13.8 Å². The van der Waals surface area contributed by atoms with Gasteiger partial charge >= 0.3 is 0 Å². The van der Waals surface area contributed by atoms with Gasteiger partial charge in [-0.05, 0) is 24.2 Å². The monoisotopic (exact) mass is 244 g/mol. The van der Waals surface area contributed by atoms with Crippen LogP contribution in [-0.4, -0.2) is 13.1 Å². The van der Waals surface area contributed by atoms with Crippen molar-refractivity contribution in [2.45, 2.75) is 13.8 Å². The molecule has 0 saturated heterocycles. The minimum atomic E-state index is 0.750. The predicted octanol–water partition coefficient (Wildman–Crippen LogP) is 3.28. The van der Waals surface area contributed by atoms with Crippen LogP contribution < -0.4 is 11.5 Å². The zero-order chi connectivity index (χ0) is 13.6. The fourth-order valence-corrected chi connectivity index (χ4v) is 1.26. The van der Waals surface area contributed by atoms with Crippen molar-refractivity contribution in [2.24, 2.45) is 11.5 Å². The lowest BCUT2D eigenvalue weighted by Gasteiger charge is -1.98. The quantitative estimate of drug-likeness (QED) is 0.808. The lowest BCUT2D eigenvalue weighted by molar-refractivity contribution is 1.14. The number of hydrogen-bond donors (Lipinski definition) is 2. The van der Waals surface area contributed by atoms with Crippen LogP contribution >= 0.6 is 0 Å². The predicted molar refractivity (Wildman–Crippen MR) is 81.3 cm³/mol. The topological polar surface area (TPSA) is 52.0 Å². The summed E-state index contributed by atoms with van der Waals surface area (Å²) in [6.07, 6.45) is 0. The molecule has 0 aliphatic carbocycles. The van der Waals surface area contributed by atoms with Crippen LogP contribution in [-0.2, 0) is 0 Å². The van der Waals surface area contributed by atoms with E-state index in [0.29, 0.717) is 0 Å². The molecule has 0 fully saturated rings. The maximum atomic E-state index is 4.85. The molecule has 2 rings (SSSR count). The zero-order valence-electron chi connectivity index (χ0n) is 11.3. The Morgan fingerprint density at radius 1 is 0.611 bits per heavy atom. The van der Waals surface area contributed by atoms with Gasteiger partial charge in [0.05, 0.1) is 0 Å². The molecule has 0 amide bonds. The van der Waals surface area contributed by atoms with Crippen molar-refractivity contribution in [1.29, 1.82) is 0 Å². The summed E-state index contributed by atoms with van der Waals surface area (Å²) in [5, 5.41) is 0. The fraction of sp³-hybridized carbons (Fsp3) is 0.250. The molecule has 0 saturated carbocycles. The summed E-state index contributed by atoms with van der Waals surface area (Å²) in [7, 11) is 0. The van der Waals surface area contributed by atoms with Gasteiger partial charge in [0.2, 0.25) is 0 Å². The van der Waals surface area contributed by atoms with E-state index in [1.54, 1.807) is 0 Å². The van der Waals surface area contributed by atoms with Crippen LogP contribution in [0.3, 0.4) is 0 Å². The fourth-order valence-electron chi connectivity index (χ4n) is 1.26. The van der Waals surface area contributed by atoms with Crippen molar-refractivity contribution < 1.29 is 0 Å². The Balaban J connectivity index is 0.000000414. The standard InChI is InChI=1S/C12H10.2C2H7N/c1-3-7-11(8-4-1)12-9-5-2-6-10-12;2*1-2-3/h1-10H;2*2-3H2,1H3. The highest BCUT2D eigenvalue weighted by Gasteiger charge is 1.91. The summed E-state index contributed by atoms with van der Waals surface area (Å²) < 4.78 is 0. The van der Waals surface area contributed by atoms with E-state index in [9.17, 15) is 0 Å². The van der Waals surface area contributed by atoms with Crippen LogP contribution in [0, 0.1) is 0 Å². The Kier molecular flexibility index (Phi) is 10.8. The average Bonchev–Trinajstić information content (AvgIpc) is 2.43. The van der Waals surface area contributed by atoms with Gasteiger partial charge in [-0.1, -0.05) is 74.5 Å². The van der Waals surface area contributed by atoms with E-state index < -0.39 is 0 Å². The molecule has 0 radical (unpaired) electrons. The molecule has 98 valence electrons. The molecule has 2 heteroatoms. The lowest BCUT2D eigenvalue weighted by atomic mass is 10.1. The number of hydrogen-bond acceptors (Lipinski definition) is 2. The summed E-state index contributed by atoms with van der Waals surface area (Å²) in [6.45, 7) is 5.31. The van der Waals surface area contributed by atoms with Crippen LogP contribution in [0.5, 0.6) is 0 Å². The van der Waals surface area contributed by atoms with E-state index in [0.717, 1.165) is 13.1 Å². The molecule has 0 aliphatic rings. The molecule has 2 aromatic rings. The number of nitrogens with two attached hydrogens (primary N) is 2. The molecule has 0 spiro atoms. The van der Waals surface area contributed by atoms with Gasteiger partial charge in [0.1, 0.15) is 0 Å². The molecule has 18 heavy (non-hydrogen) atoms. The lowest BCUT2D eigenvalue weighted by Crippen LogP contribution is -1.87. The van der Waals surface area contributed by atoms with Crippen molar-refractivity contribution >= 4 is 0 Å². The van der Waals surface area contributed by atoms with E-state index >= 15 is 0 Å². The first kappa shape index (κ1) is 16.4. The van der Waals surface area contributed by atoms with E-state index in [1.807, 2.05) is 26.0 Å². The van der Waals surface area contributed by atoms with Crippen LogP contribution in [0.15, 0.2) is 60.7 Å². The molecule has 2 nitrogen and oxygen atoms in total. The zero-order valence-corrected chi connectivity index (χ0v) is 11.3. The highest BCUT2D eigenvalue weighted by atomic mass is 14.5. The smallest absolute Gasteiger partial charge is 0.0106 e. The molecule has 0 bridgehead atoms. The van der Waals surface area contributed by atoms with Crippen molar-refractivity contribution in [3.63, 3.8) is 0 Å². The molecule has 4 N–H and O–H groups in total. The van der Waals surface area contributed by atoms with Gasteiger partial charge in [0.15, 0.2) is 0 Å². The molecule has 0 atom stereocenters. The Morgan fingerprint density at radius 2 is 0.833 bits per heavy atom. The summed E-state index contributed by atoms with van der Waals surface area (Å²) >= 11 is 0. The maximum Gasteiger partial charge on any atom is -0.0106 e. The van der Waals surface area contributed by atoms with Crippen molar-refractivity contribution in [3.05, 3.63) is 60.7 Å². The first-order valence-electron chi connectivity index (χ1n) is 6.30. The highest BCUT2D eigenvalue weighted by Crippen LogP contribution is 2.17. The van der Waals surface area contributed by atoms with Gasteiger partial charge in [-0.15, -0.1) is 0 Å². The second-order valence-electron chi connectivity index (χ2n) is 3.55. The minimum Gasteiger partial charge on any atom is -0.331 e. The average molecular weight is 244 g/mol. The van der Waals surface area contributed by atoms with E-state index in [2.05, 4.69) is 48.5 Å². The maximum absolute atomic E-state index is 4.85. The Morgan fingerprint density at radius 3 is 1.06 bits per heavy atom. The molecule has 0 unspecified atom stereocenters. The van der Waals surface area contributed by atoms with Crippen LogP contribution in [0.2, 0.25) is 0 Å². The van der Waals surface area contributed by atoms with Gasteiger partial charge in [0, 0.05) is 0 Å². The molecule has 2 aromatic carbocycles. The molecule has 0 aromatic heterocycles. The summed E-state index contributed by atoms with van der Waals surface area (Å²) in [4.78, 5) is 0. The van der Waals surface area contributed by atoms with Crippen LogP contribution in [0.4, 0.5) is 0 Å². The third kappa shape index (κ3) is 7.60. The first-order valence-corrected chi connectivity index (χ1v) is 6.30. The first-order chi connectivity index (χ1) is 8.79. The van der Waals surface area contributed by atoms with Gasteiger partial charge < -0.3 is 11.5 Å². The molecular weight excluding hydrogens is 220 g/mol. The van der Waals surface area contributed by atoms with Crippen molar-refractivity contribution in [3.8, 4) is 11.1 Å². The van der Waals surface area contributed by atoms with Crippen molar-refractivity contribution in [1.82, 2.24) is 0 Å². The van der Waals surface area contributed by atoms with E-state index in [4.69, 9.17) is 11.5 Å². The SMILES string of the molecule is CCN.CCN.c1ccc(-c2ccccc2)cc1. The second-order valence-corrected chi connectivity index (χ2v) is 3.55. The highest BCUT2D eigenvalue weighted by molar-refractivity contribution is 5.62. The van der Waals surface area contributed by atoms with Crippen molar-refractivity contribution in [2.75, 3.05) is 13.1 Å². The van der Waals surface area contributed by atoms with Gasteiger partial charge in [-0.2, -0.15) is 0 Å². The van der Waals surface area contributed by atoms with Gasteiger partial charge in [0.25, 0.3) is 0 Å². The Hall–Kier alpha value is -1.64. The molecule has 0 heterocycles.